The molecular formula is C2HAgO2-. The number of hydrogen-bond acceptors (Lipinski definition) is 2. The predicted molar refractivity (Wildman–Crippen MR) is 10.7 cm³/mol. The van der Waals surface area contributed by atoms with Gasteiger partial charge in [0.15, 0.2) is 0 Å². The second kappa shape index (κ2) is 29.6. The summed E-state index contributed by atoms with van der Waals surface area (Å²) >= 11 is 1.70. The zero-order valence-electron chi connectivity index (χ0n) is 2.20. The summed E-state index contributed by atoms with van der Waals surface area (Å²) in [5.74, 6) is 0. The third kappa shape index (κ3) is 465. The second-order valence-corrected chi connectivity index (χ2v) is 0.118. The molecule has 2 nitrogen and oxygen atoms in total. The quantitative estimate of drug-likeness (QED) is 0.364. The first kappa shape index (κ1) is 8.96. The molecule has 0 spiro atoms. The summed E-state index contributed by atoms with van der Waals surface area (Å²) in [7, 11) is 0. The molecule has 33 valence electrons. The van der Waals surface area contributed by atoms with Gasteiger partial charge in [0.25, 0.3) is 0 Å². The van der Waals surface area contributed by atoms with E-state index in [-0.39, 0.29) is 0 Å². The van der Waals surface area contributed by atoms with Gasteiger partial charge in [-0.3, -0.25) is 6.29 Å². The maximum absolute atomic E-state index is 8.46. The third-order valence-electron chi connectivity index (χ3n) is 0. The fourth-order valence-electron chi connectivity index (χ4n) is 0. The molecule has 0 amide bonds. The van der Waals surface area contributed by atoms with Gasteiger partial charge in [-0.25, -0.2) is 0 Å². The predicted octanol–water partition coefficient (Wildman–Crippen LogP) is -0.314. The Balaban J connectivity index is 0. The Morgan fingerprint density at radius 2 is 1.60 bits per heavy atom. The van der Waals surface area contributed by atoms with Crippen LogP contribution in [0.2, 0.25) is 0 Å². The van der Waals surface area contributed by atoms with Crippen LogP contribution in [0.4, 0.5) is 0 Å². The van der Waals surface area contributed by atoms with Crippen molar-refractivity contribution in [2.45, 2.75) is 0 Å². The molecule has 0 saturated carbocycles. The van der Waals surface area contributed by atoms with E-state index in [1.54, 1.807) is 21.0 Å². The minimum atomic E-state index is 1.00. The molecule has 0 saturated heterocycles. The summed E-state index contributed by atoms with van der Waals surface area (Å²) < 4.78 is 8.06. The normalized spacial score (nSPS) is 3.80. The van der Waals surface area contributed by atoms with Crippen molar-refractivity contribution in [3.63, 3.8) is 0 Å². The van der Waals surface area contributed by atoms with Crippen molar-refractivity contribution in [1.82, 2.24) is 0 Å². The van der Waals surface area contributed by atoms with E-state index in [0.29, 0.717) is 0 Å². The molecule has 0 N–H and O–H groups in total. The third-order valence-corrected chi connectivity index (χ3v) is 0. The first-order valence-electron chi connectivity index (χ1n) is 0.616. The molecule has 0 rings (SSSR count). The van der Waals surface area contributed by atoms with E-state index < -0.39 is 0 Å². The van der Waals surface area contributed by atoms with Crippen LogP contribution in [0, 0.1) is 6.92 Å². The van der Waals surface area contributed by atoms with Gasteiger partial charge < -0.3 is 4.79 Å². The van der Waals surface area contributed by atoms with E-state index in [1.165, 1.54) is 0 Å². The Kier molecular flexibility index (Phi) is 53.1. The molecule has 5 heavy (non-hydrogen) atoms. The average Bonchev–Trinajstić information content (AvgIpc) is 1.46. The van der Waals surface area contributed by atoms with Crippen molar-refractivity contribution in [1.29, 1.82) is 0 Å². The molecule has 3 heteroatoms. The van der Waals surface area contributed by atoms with Crippen molar-refractivity contribution in [3.05, 3.63) is 6.92 Å². The Bertz CT molecular complexity index is 21.6. The van der Waals surface area contributed by atoms with Gasteiger partial charge in [0.05, 0.1) is 0 Å². The van der Waals surface area contributed by atoms with Gasteiger partial charge in [-0.2, -0.15) is 6.92 Å². The summed E-state index contributed by atoms with van der Waals surface area (Å²) in [4.78, 5) is 8.46. The van der Waals surface area contributed by atoms with Crippen molar-refractivity contribution in [3.8, 4) is 0 Å². The molecule has 0 aliphatic carbocycles. The number of rotatable bonds is 0. The number of hydrogen-bond donors (Lipinski definition) is 0. The van der Waals surface area contributed by atoms with Gasteiger partial charge in [0, 0.05) is 0 Å². The molecule has 0 aromatic rings. The fourth-order valence-corrected chi connectivity index (χ4v) is 0. The Hall–Kier alpha value is 0.210. The zero-order valence-corrected chi connectivity index (χ0v) is 3.68. The standard InChI is InChI=1S/C2HO.Ag.O/c1-2-3;;/h1H;;/q-1;;. The zero-order chi connectivity index (χ0) is 4.71. The van der Waals surface area contributed by atoms with Crippen LogP contribution < -0.4 is 0 Å². The first-order valence-corrected chi connectivity index (χ1v) is 1.22. The summed E-state index contributed by atoms with van der Waals surface area (Å²) in [6, 6.07) is 0. The molecule has 0 heterocycles. The van der Waals surface area contributed by atoms with Crippen LogP contribution in [0.25, 0.3) is 0 Å². The van der Waals surface area contributed by atoms with E-state index in [2.05, 4.69) is 6.92 Å². The van der Waals surface area contributed by atoms with Gasteiger partial charge in [0.1, 0.15) is 0 Å². The summed E-state index contributed by atoms with van der Waals surface area (Å²) in [5, 5.41) is 0. The topological polar surface area (TPSA) is 34.1 Å². The van der Waals surface area contributed by atoms with E-state index in [4.69, 9.17) is 8.04 Å². The molecule has 0 aromatic heterocycles. The second-order valence-electron chi connectivity index (χ2n) is 0.118. The molecule has 0 bridgehead atoms. The van der Waals surface area contributed by atoms with E-state index in [0.717, 1.165) is 6.29 Å². The molecule has 0 aromatic carbocycles. The summed E-state index contributed by atoms with van der Waals surface area (Å²) in [6.07, 6.45) is 1.00. The first-order chi connectivity index (χ1) is 2.41. The van der Waals surface area contributed by atoms with E-state index in [9.17, 15) is 0 Å². The average molecular weight is 165 g/mol. The van der Waals surface area contributed by atoms with Crippen LogP contribution >= 0.6 is 0 Å². The molecule has 2 radical (unpaired) electrons. The molecule has 0 aliphatic rings. The SMILES string of the molecule is [CH][C-]=O.[O]=[Ag]. The monoisotopic (exact) mass is 164 g/mol. The van der Waals surface area contributed by atoms with Crippen LogP contribution in [0.5, 0.6) is 0 Å². The van der Waals surface area contributed by atoms with Gasteiger partial charge in [-0.1, -0.05) is 0 Å². The maximum atomic E-state index is 8.46. The van der Waals surface area contributed by atoms with Gasteiger partial charge >= 0.3 is 24.3 Å². The van der Waals surface area contributed by atoms with Gasteiger partial charge in [-0.15, -0.1) is 0 Å². The van der Waals surface area contributed by atoms with E-state index >= 15 is 0 Å². The molecule has 0 aliphatic heterocycles. The molecule has 0 atom stereocenters. The van der Waals surface area contributed by atoms with Gasteiger partial charge in [-0.05, 0) is 0 Å². The van der Waals surface area contributed by atoms with Crippen LogP contribution in [-0.4, -0.2) is 6.29 Å². The summed E-state index contributed by atoms with van der Waals surface area (Å²) in [6.45, 7) is 4.04. The Labute approximate surface area is 42.8 Å². The Morgan fingerprint density at radius 3 is 1.60 bits per heavy atom. The van der Waals surface area contributed by atoms with Crippen molar-refractivity contribution in [2.24, 2.45) is 0 Å². The van der Waals surface area contributed by atoms with Crippen LogP contribution in [0.1, 0.15) is 0 Å². The molecule has 0 fully saturated rings. The van der Waals surface area contributed by atoms with Crippen LogP contribution in [0.15, 0.2) is 0 Å². The Morgan fingerprint density at radius 1 is 1.60 bits per heavy atom. The minimum absolute atomic E-state index is 1.00. The molecule has 0 unspecified atom stereocenters. The van der Waals surface area contributed by atoms with Gasteiger partial charge in [0.2, 0.25) is 0 Å². The summed E-state index contributed by atoms with van der Waals surface area (Å²) in [5.41, 5.74) is 0. The van der Waals surface area contributed by atoms with Crippen molar-refractivity contribution < 1.29 is 29.1 Å². The fraction of sp³-hybridized carbons (Fsp3) is 0. The number of carbonyl (C=O) groups excluding carboxylic acids is 1. The van der Waals surface area contributed by atoms with E-state index in [1.807, 2.05) is 0 Å². The molecular weight excluding hydrogens is 164 g/mol. The van der Waals surface area contributed by atoms with Crippen LogP contribution in [0.3, 0.4) is 0 Å². The van der Waals surface area contributed by atoms with Crippen molar-refractivity contribution >= 4 is 6.29 Å². The van der Waals surface area contributed by atoms with Crippen LogP contribution in [-0.2, 0) is 29.1 Å². The van der Waals surface area contributed by atoms with Crippen molar-refractivity contribution in [2.75, 3.05) is 0 Å².